The topological polar surface area (TPSA) is 43.4 Å². The Morgan fingerprint density at radius 3 is 2.18 bits per heavy atom. The summed E-state index contributed by atoms with van der Waals surface area (Å²) in [6, 6.07) is 0. The van der Waals surface area contributed by atoms with Crippen molar-refractivity contribution in [2.45, 2.75) is 38.9 Å². The number of alkyl halides is 1. The molecule has 0 aliphatic carbocycles. The third-order valence-corrected chi connectivity index (χ3v) is 7.73. The van der Waals surface area contributed by atoms with Gasteiger partial charge < -0.3 is 4.74 Å². The summed E-state index contributed by atoms with van der Waals surface area (Å²) in [5, 5.41) is 0.481. The number of rotatable bonds is 5. The van der Waals surface area contributed by atoms with Crippen molar-refractivity contribution in [2.24, 2.45) is 11.3 Å². The Bertz CT molecular complexity index is 332. The van der Waals surface area contributed by atoms with Crippen molar-refractivity contribution in [2.75, 3.05) is 24.3 Å². The lowest BCUT2D eigenvalue weighted by molar-refractivity contribution is 0.0366. The van der Waals surface area contributed by atoms with Crippen LogP contribution in [0.3, 0.4) is 0 Å². The molecule has 102 valence electrons. The van der Waals surface area contributed by atoms with Gasteiger partial charge in [0.1, 0.15) is 0 Å². The van der Waals surface area contributed by atoms with Gasteiger partial charge >= 0.3 is 0 Å². The van der Waals surface area contributed by atoms with E-state index in [9.17, 15) is 8.42 Å². The summed E-state index contributed by atoms with van der Waals surface area (Å²) < 4.78 is 30.0. The van der Waals surface area contributed by atoms with Gasteiger partial charge in [0, 0.05) is 18.5 Å². The Morgan fingerprint density at radius 2 is 1.76 bits per heavy atom. The zero-order chi connectivity index (χ0) is 13.1. The van der Waals surface area contributed by atoms with Crippen LogP contribution in [-0.2, 0) is 14.6 Å². The molecular formula is C12H23BrO3S. The van der Waals surface area contributed by atoms with E-state index in [2.05, 4.69) is 15.9 Å². The smallest absolute Gasteiger partial charge is 0.153 e. The van der Waals surface area contributed by atoms with Crippen LogP contribution in [0.2, 0.25) is 0 Å². The monoisotopic (exact) mass is 326 g/mol. The Labute approximate surface area is 113 Å². The van der Waals surface area contributed by atoms with Crippen molar-refractivity contribution in [3.8, 4) is 0 Å². The second kappa shape index (κ2) is 6.02. The van der Waals surface area contributed by atoms with Crippen LogP contribution in [-0.4, -0.2) is 38.0 Å². The van der Waals surface area contributed by atoms with Crippen LogP contribution in [0, 0.1) is 11.3 Å². The van der Waals surface area contributed by atoms with E-state index in [1.807, 2.05) is 20.8 Å². The van der Waals surface area contributed by atoms with Crippen molar-refractivity contribution in [3.05, 3.63) is 0 Å². The van der Waals surface area contributed by atoms with E-state index < -0.39 is 9.84 Å². The molecule has 5 heteroatoms. The van der Waals surface area contributed by atoms with E-state index in [4.69, 9.17) is 4.74 Å². The second-order valence-corrected chi connectivity index (χ2v) is 8.42. The molecule has 0 N–H and O–H groups in total. The predicted molar refractivity (Wildman–Crippen MR) is 74.4 cm³/mol. The van der Waals surface area contributed by atoms with Gasteiger partial charge in [-0.2, -0.15) is 0 Å². The molecule has 0 bridgehead atoms. The van der Waals surface area contributed by atoms with E-state index >= 15 is 0 Å². The van der Waals surface area contributed by atoms with E-state index in [0.29, 0.717) is 13.2 Å². The summed E-state index contributed by atoms with van der Waals surface area (Å²) in [5.41, 5.74) is -0.125. The van der Waals surface area contributed by atoms with E-state index in [-0.39, 0.29) is 22.3 Å². The van der Waals surface area contributed by atoms with Gasteiger partial charge in [0.15, 0.2) is 9.84 Å². The fraction of sp³-hybridized carbons (Fsp3) is 1.00. The van der Waals surface area contributed by atoms with Crippen LogP contribution >= 0.6 is 15.9 Å². The number of ether oxygens (including phenoxy) is 1. The first-order valence-electron chi connectivity index (χ1n) is 6.18. The lowest BCUT2D eigenvalue weighted by Gasteiger charge is -2.36. The molecule has 1 fully saturated rings. The number of sulfone groups is 1. The third kappa shape index (κ3) is 3.93. The van der Waals surface area contributed by atoms with E-state index in [1.165, 1.54) is 0 Å². The molecule has 0 saturated carbocycles. The molecule has 1 unspecified atom stereocenters. The maximum absolute atomic E-state index is 12.3. The lowest BCUT2D eigenvalue weighted by atomic mass is 9.85. The lowest BCUT2D eigenvalue weighted by Crippen LogP contribution is -2.41. The second-order valence-electron chi connectivity index (χ2n) is 5.50. The molecule has 0 spiro atoms. The molecule has 3 nitrogen and oxygen atoms in total. The molecule has 0 aromatic heterocycles. The molecule has 0 aromatic rings. The first-order valence-corrected chi connectivity index (χ1v) is 9.02. The molecule has 0 amide bonds. The SMILES string of the molecule is CC(C)C(C)S(=O)(=O)CC1(CBr)CCOCC1. The van der Waals surface area contributed by atoms with Gasteiger partial charge in [0.25, 0.3) is 0 Å². The van der Waals surface area contributed by atoms with Crippen molar-refractivity contribution in [3.63, 3.8) is 0 Å². The van der Waals surface area contributed by atoms with Crippen LogP contribution in [0.25, 0.3) is 0 Å². The van der Waals surface area contributed by atoms with Crippen molar-refractivity contribution >= 4 is 25.8 Å². The first-order chi connectivity index (χ1) is 7.83. The average Bonchev–Trinajstić information content (AvgIpc) is 2.28. The molecule has 1 aliphatic rings. The highest BCUT2D eigenvalue weighted by Crippen LogP contribution is 2.35. The Hall–Kier alpha value is 0.390. The highest BCUT2D eigenvalue weighted by atomic mass is 79.9. The first kappa shape index (κ1) is 15.4. The number of halogens is 1. The Kier molecular flexibility index (Phi) is 5.47. The summed E-state index contributed by atoms with van der Waals surface area (Å²) in [7, 11) is -3.02. The van der Waals surface area contributed by atoms with Gasteiger partial charge in [0.05, 0.1) is 11.0 Å². The van der Waals surface area contributed by atoms with Crippen LogP contribution < -0.4 is 0 Å². The number of hydrogen-bond acceptors (Lipinski definition) is 3. The van der Waals surface area contributed by atoms with Gasteiger partial charge in [-0.1, -0.05) is 29.8 Å². The minimum Gasteiger partial charge on any atom is -0.381 e. The van der Waals surface area contributed by atoms with Crippen molar-refractivity contribution in [1.29, 1.82) is 0 Å². The summed E-state index contributed by atoms with van der Waals surface area (Å²) in [6.07, 6.45) is 1.67. The van der Waals surface area contributed by atoms with Crippen LogP contribution in [0.15, 0.2) is 0 Å². The maximum atomic E-state index is 12.3. The largest absolute Gasteiger partial charge is 0.381 e. The molecule has 1 saturated heterocycles. The van der Waals surface area contributed by atoms with Gasteiger partial charge in [0.2, 0.25) is 0 Å². The van der Waals surface area contributed by atoms with Crippen molar-refractivity contribution < 1.29 is 13.2 Å². The zero-order valence-corrected chi connectivity index (χ0v) is 13.3. The molecule has 0 radical (unpaired) electrons. The summed E-state index contributed by atoms with van der Waals surface area (Å²) in [6.45, 7) is 7.11. The molecule has 1 heterocycles. The van der Waals surface area contributed by atoms with Gasteiger partial charge in [-0.25, -0.2) is 8.42 Å². The number of hydrogen-bond donors (Lipinski definition) is 0. The Morgan fingerprint density at radius 1 is 1.24 bits per heavy atom. The van der Waals surface area contributed by atoms with Gasteiger partial charge in [-0.15, -0.1) is 0 Å². The van der Waals surface area contributed by atoms with Crippen LogP contribution in [0.4, 0.5) is 0 Å². The highest BCUT2D eigenvalue weighted by Gasteiger charge is 2.38. The van der Waals surface area contributed by atoms with Crippen LogP contribution in [0.1, 0.15) is 33.6 Å². The quantitative estimate of drug-likeness (QED) is 0.729. The minimum atomic E-state index is -3.02. The highest BCUT2D eigenvalue weighted by molar-refractivity contribution is 9.09. The molecule has 0 aromatic carbocycles. The Balaban J connectivity index is 2.80. The van der Waals surface area contributed by atoms with E-state index in [0.717, 1.165) is 18.2 Å². The molecular weight excluding hydrogens is 304 g/mol. The van der Waals surface area contributed by atoms with Crippen molar-refractivity contribution in [1.82, 2.24) is 0 Å². The molecule has 1 rings (SSSR count). The fourth-order valence-electron chi connectivity index (χ4n) is 2.09. The van der Waals surface area contributed by atoms with E-state index in [1.54, 1.807) is 0 Å². The summed E-state index contributed by atoms with van der Waals surface area (Å²) >= 11 is 3.49. The predicted octanol–water partition coefficient (Wildman–Crippen LogP) is 2.64. The average molecular weight is 327 g/mol. The zero-order valence-electron chi connectivity index (χ0n) is 10.9. The summed E-state index contributed by atoms with van der Waals surface area (Å²) in [5.74, 6) is 0.459. The molecule has 1 atom stereocenters. The standard InChI is InChI=1S/C12H23BrO3S/c1-10(2)11(3)17(14,15)9-12(8-13)4-6-16-7-5-12/h10-11H,4-9H2,1-3H3. The summed E-state index contributed by atoms with van der Waals surface area (Å²) in [4.78, 5) is 0. The maximum Gasteiger partial charge on any atom is 0.153 e. The molecule has 1 aliphatic heterocycles. The van der Waals surface area contributed by atoms with Gasteiger partial charge in [-0.05, 0) is 31.1 Å². The van der Waals surface area contributed by atoms with Gasteiger partial charge in [-0.3, -0.25) is 0 Å². The molecule has 17 heavy (non-hydrogen) atoms. The third-order valence-electron chi connectivity index (χ3n) is 3.85. The minimum absolute atomic E-state index is 0.125. The normalized spacial score (nSPS) is 22.6. The van der Waals surface area contributed by atoms with Crippen LogP contribution in [0.5, 0.6) is 0 Å². The fourth-order valence-corrected chi connectivity index (χ4v) is 5.45.